The van der Waals surface area contributed by atoms with Gasteiger partial charge in [-0.15, -0.1) is 0 Å². The van der Waals surface area contributed by atoms with Crippen molar-refractivity contribution in [2.75, 3.05) is 13.2 Å². The van der Waals surface area contributed by atoms with Crippen molar-refractivity contribution < 1.29 is 28.6 Å². The molecule has 0 fully saturated rings. The summed E-state index contributed by atoms with van der Waals surface area (Å²) in [5, 5.41) is 0. The molecule has 0 aromatic rings. The maximum absolute atomic E-state index is 12.8. The van der Waals surface area contributed by atoms with Gasteiger partial charge < -0.3 is 14.2 Å². The molecule has 0 radical (unpaired) electrons. The lowest BCUT2D eigenvalue weighted by atomic mass is 10.0. The van der Waals surface area contributed by atoms with Gasteiger partial charge in [0.2, 0.25) is 0 Å². The second kappa shape index (κ2) is 67.3. The minimum atomic E-state index is -0.831. The third-order valence-corrected chi connectivity index (χ3v) is 14.2. The minimum absolute atomic E-state index is 0.0976. The molecule has 0 saturated heterocycles. The predicted octanol–water partition coefficient (Wildman–Crippen LogP) is 23.2. The van der Waals surface area contributed by atoms with Crippen LogP contribution < -0.4 is 0 Å². The normalized spacial score (nSPS) is 12.9. The van der Waals surface area contributed by atoms with Crippen molar-refractivity contribution >= 4 is 17.9 Å². The van der Waals surface area contributed by atoms with Crippen molar-refractivity contribution in [1.29, 1.82) is 0 Å². The molecule has 0 spiro atoms. The first kappa shape index (κ1) is 75.8. The lowest BCUT2D eigenvalue weighted by Gasteiger charge is -2.18. The first-order valence-electron chi connectivity index (χ1n) is 33.5. The summed E-state index contributed by atoms with van der Waals surface area (Å²) in [6.07, 6.45) is 94.1. The summed E-state index contributed by atoms with van der Waals surface area (Å²) in [6, 6.07) is 0. The Morgan fingerprint density at radius 1 is 0.275 bits per heavy atom. The molecule has 0 aromatic heterocycles. The Morgan fingerprint density at radius 2 is 0.525 bits per heavy atom. The number of carbonyl (C=O) groups excluding carboxylic acids is 3. The topological polar surface area (TPSA) is 78.9 Å². The SMILES string of the molecule is CC/C=C\C/C=C\C/C=C\C/C=C\C/C=C\CCCCCCCCCCCCCCCCCCCCCC(=O)OCC(COC(=O)CCCCCCCCCCCCCC)OC(=O)C/C=C\C/C=C\C/C=C\C/C=C\C/C=C\CC. The van der Waals surface area contributed by atoms with Crippen LogP contribution in [-0.2, 0) is 28.6 Å². The number of unbranched alkanes of at least 4 members (excludes halogenated alkanes) is 30. The van der Waals surface area contributed by atoms with Crippen LogP contribution in [0.15, 0.2) is 122 Å². The van der Waals surface area contributed by atoms with E-state index in [-0.39, 0.29) is 31.6 Å². The van der Waals surface area contributed by atoms with E-state index in [4.69, 9.17) is 14.2 Å². The molecule has 0 aliphatic rings. The first-order chi connectivity index (χ1) is 39.5. The molecule has 0 bridgehead atoms. The van der Waals surface area contributed by atoms with Gasteiger partial charge in [0.05, 0.1) is 6.42 Å². The Balaban J connectivity index is 4.15. The minimum Gasteiger partial charge on any atom is -0.462 e. The summed E-state index contributed by atoms with van der Waals surface area (Å²) < 4.78 is 16.8. The highest BCUT2D eigenvalue weighted by Crippen LogP contribution is 2.17. The number of carbonyl (C=O) groups is 3. The maximum Gasteiger partial charge on any atom is 0.310 e. The third kappa shape index (κ3) is 64.6. The fraction of sp³-hybridized carbons (Fsp3) is 0.689. The predicted molar refractivity (Wildman–Crippen MR) is 348 cm³/mol. The Bertz CT molecular complexity index is 1650. The monoisotopic (exact) mass is 1110 g/mol. The lowest BCUT2D eigenvalue weighted by molar-refractivity contribution is -0.166. The van der Waals surface area contributed by atoms with Crippen LogP contribution in [0, 0.1) is 0 Å². The van der Waals surface area contributed by atoms with E-state index in [1.807, 2.05) is 6.08 Å². The zero-order valence-electron chi connectivity index (χ0n) is 52.3. The van der Waals surface area contributed by atoms with Gasteiger partial charge in [0.15, 0.2) is 6.10 Å². The van der Waals surface area contributed by atoms with E-state index in [0.29, 0.717) is 12.8 Å². The molecule has 0 heterocycles. The highest BCUT2D eigenvalue weighted by Gasteiger charge is 2.19. The lowest BCUT2D eigenvalue weighted by Crippen LogP contribution is -2.30. The van der Waals surface area contributed by atoms with E-state index < -0.39 is 12.1 Å². The fourth-order valence-electron chi connectivity index (χ4n) is 9.31. The fourth-order valence-corrected chi connectivity index (χ4v) is 9.31. The number of hydrogen-bond donors (Lipinski definition) is 0. The van der Waals surface area contributed by atoms with Gasteiger partial charge >= 0.3 is 17.9 Å². The van der Waals surface area contributed by atoms with E-state index in [1.54, 1.807) is 6.08 Å². The molecule has 0 amide bonds. The number of esters is 3. The van der Waals surface area contributed by atoms with E-state index in [2.05, 4.69) is 130 Å². The summed E-state index contributed by atoms with van der Waals surface area (Å²) >= 11 is 0. The standard InChI is InChI=1S/C74H124O6/c1-4-7-10-13-16-19-22-25-27-28-29-30-31-32-33-34-35-36-37-38-39-40-41-42-43-44-45-46-48-49-52-55-58-61-64-67-73(76)79-70-71(69-78-72(75)66-63-60-57-54-51-24-21-18-15-12-9-6-3)80-74(77)68-65-62-59-56-53-50-47-26-23-20-17-14-11-8-5-2/h7-8,10-11,16-17,19-20,25-27,29-30,32-33,47,53,56,62,65,71H,4-6,9,12-15,18,21-24,28,31,34-46,48-52,54-55,57-61,63-64,66-70H2,1-3H3/b10-7-,11-8-,19-16-,20-17-,27-25-,30-29-,33-32-,47-26-,56-53-,65-62-. The smallest absolute Gasteiger partial charge is 0.310 e. The average Bonchev–Trinajstić information content (AvgIpc) is 3.46. The highest BCUT2D eigenvalue weighted by atomic mass is 16.6. The average molecular weight is 1110 g/mol. The van der Waals surface area contributed by atoms with Crippen molar-refractivity contribution in [2.45, 2.75) is 316 Å². The summed E-state index contributed by atoms with van der Waals surface area (Å²) in [5.74, 6) is -1.04. The van der Waals surface area contributed by atoms with Gasteiger partial charge in [0, 0.05) is 12.8 Å². The Hall–Kier alpha value is -4.19. The molecule has 0 saturated carbocycles. The highest BCUT2D eigenvalue weighted by molar-refractivity contribution is 5.72. The number of ether oxygens (including phenoxy) is 3. The van der Waals surface area contributed by atoms with Gasteiger partial charge in [0.25, 0.3) is 0 Å². The molecule has 0 N–H and O–H groups in total. The number of allylic oxidation sites excluding steroid dienone is 19. The van der Waals surface area contributed by atoms with Crippen molar-refractivity contribution in [1.82, 2.24) is 0 Å². The van der Waals surface area contributed by atoms with Crippen molar-refractivity contribution in [3.8, 4) is 0 Å². The molecule has 1 unspecified atom stereocenters. The van der Waals surface area contributed by atoms with Crippen molar-refractivity contribution in [2.24, 2.45) is 0 Å². The van der Waals surface area contributed by atoms with Crippen LogP contribution >= 0.6 is 0 Å². The van der Waals surface area contributed by atoms with E-state index >= 15 is 0 Å². The van der Waals surface area contributed by atoms with Crippen LogP contribution in [0.2, 0.25) is 0 Å². The molecule has 0 aromatic carbocycles. The van der Waals surface area contributed by atoms with Crippen LogP contribution in [-0.4, -0.2) is 37.2 Å². The van der Waals surface area contributed by atoms with Gasteiger partial charge in [0.1, 0.15) is 13.2 Å². The number of rotatable bonds is 60. The molecule has 6 heteroatoms. The van der Waals surface area contributed by atoms with Gasteiger partial charge in [-0.2, -0.15) is 0 Å². The second-order valence-corrected chi connectivity index (χ2v) is 22.0. The van der Waals surface area contributed by atoms with Crippen LogP contribution in [0.3, 0.4) is 0 Å². The molecule has 456 valence electrons. The molecular formula is C74H124O6. The summed E-state index contributed by atoms with van der Waals surface area (Å²) in [4.78, 5) is 38.2. The van der Waals surface area contributed by atoms with Crippen LogP contribution in [0.1, 0.15) is 310 Å². The zero-order chi connectivity index (χ0) is 57.8. The molecule has 80 heavy (non-hydrogen) atoms. The molecule has 0 aliphatic carbocycles. The first-order valence-corrected chi connectivity index (χ1v) is 33.5. The van der Waals surface area contributed by atoms with Crippen LogP contribution in [0.5, 0.6) is 0 Å². The largest absolute Gasteiger partial charge is 0.462 e. The van der Waals surface area contributed by atoms with E-state index in [1.165, 1.54) is 167 Å². The van der Waals surface area contributed by atoms with Gasteiger partial charge in [-0.3, -0.25) is 14.4 Å². The second-order valence-electron chi connectivity index (χ2n) is 22.0. The van der Waals surface area contributed by atoms with Crippen LogP contribution in [0.25, 0.3) is 0 Å². The Morgan fingerprint density at radius 3 is 0.825 bits per heavy atom. The zero-order valence-corrected chi connectivity index (χ0v) is 52.3. The maximum atomic E-state index is 12.8. The molecule has 0 aliphatic heterocycles. The summed E-state index contributed by atoms with van der Waals surface area (Å²) in [6.45, 7) is 6.34. The van der Waals surface area contributed by atoms with Crippen molar-refractivity contribution in [3.05, 3.63) is 122 Å². The number of hydrogen-bond acceptors (Lipinski definition) is 6. The Kier molecular flexibility index (Phi) is 63.8. The van der Waals surface area contributed by atoms with Crippen molar-refractivity contribution in [3.63, 3.8) is 0 Å². The molecular weight excluding hydrogens is 985 g/mol. The molecule has 1 atom stereocenters. The van der Waals surface area contributed by atoms with Gasteiger partial charge in [-0.1, -0.05) is 322 Å². The summed E-state index contributed by atoms with van der Waals surface area (Å²) in [5.41, 5.74) is 0. The van der Waals surface area contributed by atoms with Crippen LogP contribution in [0.4, 0.5) is 0 Å². The van der Waals surface area contributed by atoms with Gasteiger partial charge in [-0.25, -0.2) is 0 Å². The van der Waals surface area contributed by atoms with E-state index in [9.17, 15) is 14.4 Å². The third-order valence-electron chi connectivity index (χ3n) is 14.2. The Labute approximate surface area is 494 Å². The van der Waals surface area contributed by atoms with E-state index in [0.717, 1.165) is 103 Å². The van der Waals surface area contributed by atoms with Gasteiger partial charge in [-0.05, 0) is 89.9 Å². The summed E-state index contributed by atoms with van der Waals surface area (Å²) in [7, 11) is 0. The molecule has 6 nitrogen and oxygen atoms in total. The quantitative estimate of drug-likeness (QED) is 0.0261. The molecule has 0 rings (SSSR count).